The van der Waals surface area contributed by atoms with Crippen molar-refractivity contribution in [2.45, 2.75) is 19.7 Å². The molecule has 1 unspecified atom stereocenters. The van der Waals surface area contributed by atoms with Gasteiger partial charge in [0.2, 0.25) is 0 Å². The van der Waals surface area contributed by atoms with Crippen LogP contribution in [0.2, 0.25) is 0 Å². The number of benzene rings is 2. The lowest BCUT2D eigenvalue weighted by molar-refractivity contribution is 0.0954. The Balaban J connectivity index is 1.54. The molecule has 0 bridgehead atoms. The molecule has 1 fully saturated rings. The summed E-state index contributed by atoms with van der Waals surface area (Å²) in [5.74, 6) is -0.627. The molecule has 1 atom stereocenters. The van der Waals surface area contributed by atoms with E-state index in [1.807, 2.05) is 30.3 Å². The molecule has 7 nitrogen and oxygen atoms in total. The van der Waals surface area contributed by atoms with Crippen molar-refractivity contribution in [3.05, 3.63) is 76.5 Å². The van der Waals surface area contributed by atoms with E-state index < -0.39 is 6.23 Å². The van der Waals surface area contributed by atoms with Gasteiger partial charge >= 0.3 is 6.03 Å². The molecular weight excluding hydrogens is 419 g/mol. The molecule has 4 rings (SSSR count). The number of hydrogen-bond donors (Lipinski definition) is 1. The molecular formula is C22H21FN4O3S. The summed E-state index contributed by atoms with van der Waals surface area (Å²) in [5.41, 5.74) is 2.08. The molecule has 0 saturated carbocycles. The molecule has 3 aromatic rings. The van der Waals surface area contributed by atoms with E-state index in [4.69, 9.17) is 4.74 Å². The summed E-state index contributed by atoms with van der Waals surface area (Å²) in [4.78, 5) is 33.6. The van der Waals surface area contributed by atoms with E-state index >= 15 is 0 Å². The molecule has 2 aromatic carbocycles. The van der Waals surface area contributed by atoms with Crippen LogP contribution in [-0.4, -0.2) is 36.8 Å². The first-order chi connectivity index (χ1) is 15.0. The van der Waals surface area contributed by atoms with Gasteiger partial charge < -0.3 is 10.1 Å². The predicted octanol–water partition coefficient (Wildman–Crippen LogP) is 3.94. The largest absolute Gasteiger partial charge is 0.359 e. The maximum absolute atomic E-state index is 13.3. The van der Waals surface area contributed by atoms with Crippen molar-refractivity contribution in [3.63, 3.8) is 0 Å². The van der Waals surface area contributed by atoms with E-state index in [1.165, 1.54) is 29.0 Å². The van der Waals surface area contributed by atoms with Crippen molar-refractivity contribution in [2.24, 2.45) is 0 Å². The molecule has 0 spiro atoms. The van der Waals surface area contributed by atoms with E-state index in [-0.39, 0.29) is 24.3 Å². The van der Waals surface area contributed by atoms with Gasteiger partial charge in [0, 0.05) is 19.3 Å². The number of carbonyl (C=O) groups excluding carboxylic acids is 2. The monoisotopic (exact) mass is 440 g/mol. The third kappa shape index (κ3) is 4.28. The van der Waals surface area contributed by atoms with Gasteiger partial charge in [-0.2, -0.15) is 0 Å². The minimum absolute atomic E-state index is 0.249. The van der Waals surface area contributed by atoms with Gasteiger partial charge in [-0.05, 0) is 36.8 Å². The first-order valence-electron chi connectivity index (χ1n) is 9.66. The Morgan fingerprint density at radius 3 is 2.61 bits per heavy atom. The minimum Gasteiger partial charge on any atom is -0.359 e. The number of thiazole rings is 1. The number of aryl methyl sites for hydroxylation is 1. The van der Waals surface area contributed by atoms with Crippen LogP contribution in [0.25, 0.3) is 0 Å². The van der Waals surface area contributed by atoms with Crippen LogP contribution in [0.4, 0.5) is 20.0 Å². The van der Waals surface area contributed by atoms with E-state index in [0.717, 1.165) is 16.9 Å². The molecule has 31 heavy (non-hydrogen) atoms. The van der Waals surface area contributed by atoms with Crippen molar-refractivity contribution in [2.75, 3.05) is 23.5 Å². The predicted molar refractivity (Wildman–Crippen MR) is 117 cm³/mol. The second-order valence-electron chi connectivity index (χ2n) is 7.01. The number of methoxy groups -OCH3 is 1. The quantitative estimate of drug-likeness (QED) is 0.630. The Bertz CT molecular complexity index is 1090. The standard InChI is InChI=1S/C22H21FN4O3S/c1-14-19(20(28)24-12-15-6-4-3-5-7-15)31-21(25-14)27-18(30-2)13-26(22(27)29)17-10-8-16(23)9-11-17/h3-11,18H,12-13H2,1-2H3,(H,24,28). The molecule has 2 heterocycles. The first kappa shape index (κ1) is 21.0. The Hall–Kier alpha value is -3.30. The van der Waals surface area contributed by atoms with Gasteiger partial charge in [-0.1, -0.05) is 41.7 Å². The van der Waals surface area contributed by atoms with Crippen LogP contribution < -0.4 is 15.1 Å². The molecule has 0 radical (unpaired) electrons. The molecule has 1 N–H and O–H groups in total. The molecule has 0 aliphatic carbocycles. The zero-order valence-corrected chi connectivity index (χ0v) is 17.9. The third-order valence-corrected chi connectivity index (χ3v) is 6.12. The Morgan fingerprint density at radius 2 is 1.94 bits per heavy atom. The summed E-state index contributed by atoms with van der Waals surface area (Å²) in [6, 6.07) is 14.9. The Morgan fingerprint density at radius 1 is 1.23 bits per heavy atom. The fourth-order valence-corrected chi connectivity index (χ4v) is 4.36. The highest BCUT2D eigenvalue weighted by Gasteiger charge is 2.41. The highest BCUT2D eigenvalue weighted by Crippen LogP contribution is 2.33. The van der Waals surface area contributed by atoms with Crippen molar-refractivity contribution in [1.82, 2.24) is 10.3 Å². The number of amides is 3. The Kier molecular flexibility index (Phi) is 5.97. The van der Waals surface area contributed by atoms with Crippen LogP contribution in [-0.2, 0) is 11.3 Å². The average molecular weight is 441 g/mol. The van der Waals surface area contributed by atoms with E-state index in [0.29, 0.717) is 27.9 Å². The van der Waals surface area contributed by atoms with Crippen LogP contribution in [0.3, 0.4) is 0 Å². The number of nitrogens with one attached hydrogen (secondary N) is 1. The zero-order chi connectivity index (χ0) is 22.0. The van der Waals surface area contributed by atoms with Gasteiger partial charge in [-0.15, -0.1) is 0 Å². The molecule has 3 amide bonds. The second-order valence-corrected chi connectivity index (χ2v) is 7.99. The minimum atomic E-state index is -0.580. The van der Waals surface area contributed by atoms with E-state index in [2.05, 4.69) is 10.3 Å². The topological polar surface area (TPSA) is 74.8 Å². The number of ether oxygens (including phenoxy) is 1. The van der Waals surface area contributed by atoms with Gasteiger partial charge in [0.25, 0.3) is 5.91 Å². The lowest BCUT2D eigenvalue weighted by Crippen LogP contribution is -2.35. The molecule has 1 aliphatic rings. The van der Waals surface area contributed by atoms with Gasteiger partial charge in [0.15, 0.2) is 11.4 Å². The van der Waals surface area contributed by atoms with Crippen molar-refractivity contribution < 1.29 is 18.7 Å². The number of rotatable bonds is 6. The summed E-state index contributed by atoms with van der Waals surface area (Å²) in [6.07, 6.45) is -0.580. The van der Waals surface area contributed by atoms with Crippen LogP contribution in [0.1, 0.15) is 20.9 Å². The highest BCUT2D eigenvalue weighted by atomic mass is 32.1. The summed E-state index contributed by atoms with van der Waals surface area (Å²) < 4.78 is 18.8. The molecule has 1 aliphatic heterocycles. The van der Waals surface area contributed by atoms with Crippen LogP contribution in [0.15, 0.2) is 54.6 Å². The van der Waals surface area contributed by atoms with Crippen molar-refractivity contribution in [3.8, 4) is 0 Å². The smallest absolute Gasteiger partial charge is 0.333 e. The summed E-state index contributed by atoms with van der Waals surface area (Å²) in [7, 11) is 1.51. The van der Waals surface area contributed by atoms with E-state index in [1.54, 1.807) is 19.1 Å². The molecule has 1 aromatic heterocycles. The molecule has 1 saturated heterocycles. The van der Waals surface area contributed by atoms with Crippen LogP contribution in [0.5, 0.6) is 0 Å². The number of carbonyl (C=O) groups is 2. The fraction of sp³-hybridized carbons (Fsp3) is 0.227. The van der Waals surface area contributed by atoms with Crippen molar-refractivity contribution >= 4 is 34.1 Å². The maximum Gasteiger partial charge on any atom is 0.333 e. The highest BCUT2D eigenvalue weighted by molar-refractivity contribution is 7.17. The summed E-state index contributed by atoms with van der Waals surface area (Å²) >= 11 is 1.14. The van der Waals surface area contributed by atoms with Gasteiger partial charge in [-0.25, -0.2) is 19.1 Å². The number of nitrogens with zero attached hydrogens (tertiary/aromatic N) is 3. The Labute approximate surface area is 183 Å². The van der Waals surface area contributed by atoms with Crippen molar-refractivity contribution in [1.29, 1.82) is 0 Å². The second kappa shape index (κ2) is 8.83. The van der Waals surface area contributed by atoms with Gasteiger partial charge in [-0.3, -0.25) is 9.69 Å². The average Bonchev–Trinajstić information content (AvgIpc) is 3.32. The lowest BCUT2D eigenvalue weighted by atomic mass is 10.2. The van der Waals surface area contributed by atoms with Crippen LogP contribution >= 0.6 is 11.3 Å². The summed E-state index contributed by atoms with van der Waals surface area (Å²) in [5, 5.41) is 3.27. The zero-order valence-electron chi connectivity index (χ0n) is 17.0. The number of urea groups is 1. The maximum atomic E-state index is 13.3. The molecule has 160 valence electrons. The number of halogens is 1. The molecule has 9 heteroatoms. The van der Waals surface area contributed by atoms with E-state index in [9.17, 15) is 14.0 Å². The SMILES string of the molecule is COC1CN(c2ccc(F)cc2)C(=O)N1c1nc(C)c(C(=O)NCc2ccccc2)s1. The lowest BCUT2D eigenvalue weighted by Gasteiger charge is -2.18. The van der Waals surface area contributed by atoms with Crippen LogP contribution in [0, 0.1) is 12.7 Å². The summed E-state index contributed by atoms with van der Waals surface area (Å²) in [6.45, 7) is 2.39. The normalized spacial score (nSPS) is 16.1. The first-order valence-corrected chi connectivity index (χ1v) is 10.5. The number of anilines is 2. The number of aromatic nitrogens is 1. The van der Waals surface area contributed by atoms with Gasteiger partial charge in [0.1, 0.15) is 10.7 Å². The van der Waals surface area contributed by atoms with Gasteiger partial charge in [0.05, 0.1) is 12.2 Å². The third-order valence-electron chi connectivity index (χ3n) is 4.97. The number of hydrogen-bond acceptors (Lipinski definition) is 5. The fourth-order valence-electron chi connectivity index (χ4n) is 3.35.